The molecule has 1 saturated heterocycles. The van der Waals surface area contributed by atoms with Crippen LogP contribution in [0.5, 0.6) is 0 Å². The molecule has 0 radical (unpaired) electrons. The van der Waals surface area contributed by atoms with E-state index in [9.17, 15) is 17.2 Å². The fraction of sp³-hybridized carbons (Fsp3) is 0.500. The third-order valence-corrected chi connectivity index (χ3v) is 5.99. The number of hydrogen-bond acceptors (Lipinski definition) is 3. The number of nitrogens with zero attached hydrogens (tertiary/aromatic N) is 1. The minimum Gasteiger partial charge on any atom is -0.317 e. The van der Waals surface area contributed by atoms with Crippen molar-refractivity contribution in [2.75, 3.05) is 20.1 Å². The second kappa shape index (κ2) is 7.32. The van der Waals surface area contributed by atoms with Gasteiger partial charge in [0.25, 0.3) is 0 Å². The van der Waals surface area contributed by atoms with Gasteiger partial charge in [-0.05, 0) is 54.0 Å². The van der Waals surface area contributed by atoms with E-state index in [2.05, 4.69) is 21.2 Å². The van der Waals surface area contributed by atoms with Crippen LogP contribution in [0.25, 0.3) is 0 Å². The molecule has 1 N–H and O–H groups in total. The molecule has 0 aliphatic carbocycles. The largest absolute Gasteiger partial charge is 0.317 e. The average molecular weight is 406 g/mol. The SMILES string of the molecule is CN(C1CCNCC1)S(=O)(=O)c1cc(F)c(Br)cc1F.Cl. The lowest BCUT2D eigenvalue weighted by atomic mass is 10.1. The smallest absolute Gasteiger partial charge is 0.246 e. The summed E-state index contributed by atoms with van der Waals surface area (Å²) in [5.41, 5.74) is 0. The number of rotatable bonds is 3. The Bertz CT molecular complexity index is 610. The summed E-state index contributed by atoms with van der Waals surface area (Å²) in [6.07, 6.45) is 1.30. The molecule has 1 heterocycles. The number of sulfonamides is 1. The highest BCUT2D eigenvalue weighted by Crippen LogP contribution is 2.27. The molecule has 0 aromatic heterocycles. The maximum absolute atomic E-state index is 13.8. The molecule has 1 aliphatic heterocycles. The van der Waals surface area contributed by atoms with Crippen LogP contribution in [0.3, 0.4) is 0 Å². The molecule has 1 aromatic rings. The van der Waals surface area contributed by atoms with Crippen molar-refractivity contribution < 1.29 is 17.2 Å². The van der Waals surface area contributed by atoms with Crippen molar-refractivity contribution in [1.82, 2.24) is 9.62 Å². The summed E-state index contributed by atoms with van der Waals surface area (Å²) in [6.45, 7) is 1.42. The van der Waals surface area contributed by atoms with E-state index in [0.29, 0.717) is 32.0 Å². The van der Waals surface area contributed by atoms with E-state index in [-0.39, 0.29) is 22.9 Å². The standard InChI is InChI=1S/C12H15BrF2N2O2S.ClH/c1-17(8-2-4-16-5-3-8)20(18,19)12-7-10(14)9(13)6-11(12)15;/h6-8,16H,2-5H2,1H3;1H. The Morgan fingerprint density at radius 3 is 2.38 bits per heavy atom. The molecule has 120 valence electrons. The Balaban J connectivity index is 0.00000220. The summed E-state index contributed by atoms with van der Waals surface area (Å²) in [5.74, 6) is -1.76. The molecule has 0 unspecified atom stereocenters. The predicted molar refractivity (Wildman–Crippen MR) is 82.1 cm³/mol. The van der Waals surface area contributed by atoms with E-state index in [1.807, 2.05) is 0 Å². The summed E-state index contributed by atoms with van der Waals surface area (Å²) >= 11 is 2.83. The minimum atomic E-state index is -4.04. The molecule has 0 bridgehead atoms. The Kier molecular flexibility index (Phi) is 6.54. The summed E-state index contributed by atoms with van der Waals surface area (Å²) in [4.78, 5) is -0.626. The van der Waals surface area contributed by atoms with Crippen LogP contribution in [0.2, 0.25) is 0 Å². The molecular weight excluding hydrogens is 390 g/mol. The first-order chi connectivity index (χ1) is 9.34. The summed E-state index contributed by atoms with van der Waals surface area (Å²) in [5, 5.41) is 3.13. The lowest BCUT2D eigenvalue weighted by molar-refractivity contribution is 0.295. The number of nitrogens with one attached hydrogen (secondary N) is 1. The van der Waals surface area contributed by atoms with Gasteiger partial charge >= 0.3 is 0 Å². The van der Waals surface area contributed by atoms with E-state index in [0.717, 1.165) is 10.4 Å². The van der Waals surface area contributed by atoms with Crippen molar-refractivity contribution in [3.8, 4) is 0 Å². The van der Waals surface area contributed by atoms with Crippen LogP contribution in [-0.4, -0.2) is 38.9 Å². The average Bonchev–Trinajstić information content (AvgIpc) is 2.42. The van der Waals surface area contributed by atoms with Crippen LogP contribution in [0.1, 0.15) is 12.8 Å². The van der Waals surface area contributed by atoms with Crippen LogP contribution in [0, 0.1) is 11.6 Å². The van der Waals surface area contributed by atoms with Gasteiger partial charge in [0.05, 0.1) is 4.47 Å². The van der Waals surface area contributed by atoms with Gasteiger partial charge in [0.1, 0.15) is 16.5 Å². The van der Waals surface area contributed by atoms with Gasteiger partial charge in [0.15, 0.2) is 0 Å². The fourth-order valence-electron chi connectivity index (χ4n) is 2.22. The number of benzene rings is 1. The quantitative estimate of drug-likeness (QED) is 0.786. The molecule has 0 amide bonds. The second-order valence-corrected chi connectivity index (χ2v) is 7.52. The number of halogens is 4. The van der Waals surface area contributed by atoms with E-state index in [1.54, 1.807) is 0 Å². The molecule has 1 fully saturated rings. The number of hydrogen-bond donors (Lipinski definition) is 1. The molecule has 1 aliphatic rings. The first-order valence-corrected chi connectivity index (χ1v) is 8.40. The second-order valence-electron chi connectivity index (χ2n) is 4.70. The van der Waals surface area contributed by atoms with E-state index < -0.39 is 26.6 Å². The van der Waals surface area contributed by atoms with Gasteiger partial charge in [-0.1, -0.05) is 0 Å². The van der Waals surface area contributed by atoms with Gasteiger partial charge in [-0.15, -0.1) is 12.4 Å². The Hall–Kier alpha value is -0.280. The van der Waals surface area contributed by atoms with Gasteiger partial charge in [-0.3, -0.25) is 0 Å². The van der Waals surface area contributed by atoms with E-state index in [4.69, 9.17) is 0 Å². The third kappa shape index (κ3) is 3.92. The maximum atomic E-state index is 13.8. The van der Waals surface area contributed by atoms with Gasteiger partial charge in [-0.25, -0.2) is 17.2 Å². The normalized spacial score (nSPS) is 16.8. The van der Waals surface area contributed by atoms with Crippen LogP contribution >= 0.6 is 28.3 Å². The van der Waals surface area contributed by atoms with Crippen LogP contribution in [-0.2, 0) is 10.0 Å². The minimum absolute atomic E-state index is 0. The molecular formula is C12H16BrClF2N2O2S. The highest BCUT2D eigenvalue weighted by molar-refractivity contribution is 9.10. The topological polar surface area (TPSA) is 49.4 Å². The summed E-state index contributed by atoms with van der Waals surface area (Å²) in [6, 6.07) is 1.34. The number of piperidine rings is 1. The van der Waals surface area contributed by atoms with E-state index >= 15 is 0 Å². The monoisotopic (exact) mass is 404 g/mol. The van der Waals surface area contributed by atoms with Crippen molar-refractivity contribution in [3.63, 3.8) is 0 Å². The predicted octanol–water partition coefficient (Wildman–Crippen LogP) is 2.52. The first-order valence-electron chi connectivity index (χ1n) is 6.17. The molecule has 1 aromatic carbocycles. The van der Waals surface area contributed by atoms with Crippen LogP contribution < -0.4 is 5.32 Å². The van der Waals surface area contributed by atoms with Gasteiger partial charge < -0.3 is 5.32 Å². The van der Waals surface area contributed by atoms with Gasteiger partial charge in [-0.2, -0.15) is 4.31 Å². The lowest BCUT2D eigenvalue weighted by Gasteiger charge is -2.30. The van der Waals surface area contributed by atoms with Crippen LogP contribution in [0.15, 0.2) is 21.5 Å². The highest BCUT2D eigenvalue weighted by Gasteiger charge is 2.31. The molecule has 21 heavy (non-hydrogen) atoms. The fourth-order valence-corrected chi connectivity index (χ4v) is 4.01. The van der Waals surface area contributed by atoms with Crippen molar-refractivity contribution in [1.29, 1.82) is 0 Å². The third-order valence-electron chi connectivity index (χ3n) is 3.45. The zero-order chi connectivity index (χ0) is 14.9. The molecule has 0 saturated carbocycles. The van der Waals surface area contributed by atoms with Crippen LogP contribution in [0.4, 0.5) is 8.78 Å². The highest BCUT2D eigenvalue weighted by atomic mass is 79.9. The summed E-state index contributed by atoms with van der Waals surface area (Å²) in [7, 11) is -2.63. The Morgan fingerprint density at radius 2 is 1.81 bits per heavy atom. The Morgan fingerprint density at radius 1 is 1.24 bits per heavy atom. The molecule has 9 heteroatoms. The van der Waals surface area contributed by atoms with Crippen molar-refractivity contribution >= 4 is 38.4 Å². The van der Waals surface area contributed by atoms with Crippen molar-refractivity contribution in [2.45, 2.75) is 23.8 Å². The lowest BCUT2D eigenvalue weighted by Crippen LogP contribution is -2.44. The zero-order valence-electron chi connectivity index (χ0n) is 11.3. The Labute approximate surface area is 137 Å². The molecule has 0 spiro atoms. The van der Waals surface area contributed by atoms with Gasteiger partial charge in [0.2, 0.25) is 10.0 Å². The summed E-state index contributed by atoms with van der Waals surface area (Å²) < 4.78 is 53.2. The van der Waals surface area contributed by atoms with E-state index in [1.165, 1.54) is 7.05 Å². The molecule has 0 atom stereocenters. The zero-order valence-corrected chi connectivity index (χ0v) is 14.5. The molecule has 2 rings (SSSR count). The molecule has 4 nitrogen and oxygen atoms in total. The first kappa shape index (κ1) is 18.8. The van der Waals surface area contributed by atoms with Gasteiger partial charge in [0, 0.05) is 13.1 Å². The van der Waals surface area contributed by atoms with Crippen molar-refractivity contribution in [3.05, 3.63) is 28.2 Å². The van der Waals surface area contributed by atoms with Crippen molar-refractivity contribution in [2.24, 2.45) is 0 Å². The maximum Gasteiger partial charge on any atom is 0.246 e.